The lowest BCUT2D eigenvalue weighted by Crippen LogP contribution is -2.45. The van der Waals surface area contributed by atoms with Crippen LogP contribution in [0.25, 0.3) is 0 Å². The van der Waals surface area contributed by atoms with Crippen LogP contribution in [0.15, 0.2) is 24.3 Å². The Bertz CT molecular complexity index is 601. The van der Waals surface area contributed by atoms with Crippen molar-refractivity contribution >= 4 is 5.97 Å². The van der Waals surface area contributed by atoms with Gasteiger partial charge in [0.05, 0.1) is 5.41 Å². The molecule has 2 N–H and O–H groups in total. The van der Waals surface area contributed by atoms with Gasteiger partial charge in [0.25, 0.3) is 6.17 Å². The lowest BCUT2D eigenvalue weighted by molar-refractivity contribution is -0.304. The Labute approximate surface area is 146 Å². The fourth-order valence-corrected chi connectivity index (χ4v) is 1.82. The molecule has 10 heteroatoms. The van der Waals surface area contributed by atoms with Crippen molar-refractivity contribution < 1.29 is 41.0 Å². The van der Waals surface area contributed by atoms with Gasteiger partial charge in [-0.1, -0.05) is 12.1 Å². The zero-order valence-electron chi connectivity index (χ0n) is 14.0. The Morgan fingerprint density at radius 1 is 1.15 bits per heavy atom. The number of halogens is 6. The summed E-state index contributed by atoms with van der Waals surface area (Å²) in [5.74, 6) is -1.55. The fourth-order valence-electron chi connectivity index (χ4n) is 1.82. The van der Waals surface area contributed by atoms with Gasteiger partial charge in [-0.3, -0.25) is 4.79 Å². The number of benzene rings is 1. The Kier molecular flexibility index (Phi) is 6.92. The molecule has 1 aromatic rings. The summed E-state index contributed by atoms with van der Waals surface area (Å²) in [7, 11) is 0. The average molecular weight is 387 g/mol. The summed E-state index contributed by atoms with van der Waals surface area (Å²) in [5.41, 5.74) is -0.307. The molecule has 4 nitrogen and oxygen atoms in total. The van der Waals surface area contributed by atoms with Crippen LogP contribution in [0.2, 0.25) is 0 Å². The van der Waals surface area contributed by atoms with Crippen LogP contribution >= 0.6 is 0 Å². The lowest BCUT2D eigenvalue weighted by atomic mass is 9.90. The zero-order valence-corrected chi connectivity index (χ0v) is 14.0. The number of carboxylic acid groups (broad SMARTS) is 1. The van der Waals surface area contributed by atoms with Gasteiger partial charge in [0.2, 0.25) is 0 Å². The molecule has 1 atom stereocenters. The first-order valence-electron chi connectivity index (χ1n) is 7.56. The van der Waals surface area contributed by atoms with E-state index in [0.717, 1.165) is 12.1 Å². The van der Waals surface area contributed by atoms with E-state index in [1.54, 1.807) is 13.8 Å². The highest BCUT2D eigenvalue weighted by molar-refractivity contribution is 5.73. The van der Waals surface area contributed by atoms with Crippen LogP contribution in [0.5, 0.6) is 5.75 Å². The van der Waals surface area contributed by atoms with E-state index in [-0.39, 0.29) is 6.54 Å². The van der Waals surface area contributed by atoms with Gasteiger partial charge in [-0.2, -0.15) is 22.0 Å². The predicted octanol–water partition coefficient (Wildman–Crippen LogP) is 4.15. The SMILES string of the molecule is CC(C)(CCNCc1ccc(OC(F)(F)C(F)C(F)(F)F)cc1)C(=O)O. The molecule has 0 spiro atoms. The van der Waals surface area contributed by atoms with Gasteiger partial charge in [0, 0.05) is 6.54 Å². The van der Waals surface area contributed by atoms with Crippen molar-refractivity contribution in [3.63, 3.8) is 0 Å². The molecule has 0 radical (unpaired) electrons. The normalized spacial score (nSPS) is 14.2. The van der Waals surface area contributed by atoms with E-state index in [2.05, 4.69) is 10.1 Å². The summed E-state index contributed by atoms with van der Waals surface area (Å²) >= 11 is 0. The minimum Gasteiger partial charge on any atom is -0.481 e. The van der Waals surface area contributed by atoms with Gasteiger partial charge in [-0.25, -0.2) is 4.39 Å². The van der Waals surface area contributed by atoms with Crippen molar-refractivity contribution in [1.82, 2.24) is 5.32 Å². The summed E-state index contributed by atoms with van der Waals surface area (Å²) in [6.07, 6.45) is -14.9. The molecule has 0 saturated carbocycles. The molecule has 0 aliphatic rings. The van der Waals surface area contributed by atoms with Gasteiger partial charge in [0.1, 0.15) is 5.75 Å². The number of hydrogen-bond donors (Lipinski definition) is 2. The molecule has 0 amide bonds. The monoisotopic (exact) mass is 387 g/mol. The van der Waals surface area contributed by atoms with E-state index >= 15 is 0 Å². The van der Waals surface area contributed by atoms with Crippen LogP contribution in [0.4, 0.5) is 26.3 Å². The van der Waals surface area contributed by atoms with E-state index in [9.17, 15) is 31.1 Å². The van der Waals surface area contributed by atoms with Crippen LogP contribution < -0.4 is 10.1 Å². The summed E-state index contributed by atoms with van der Waals surface area (Å²) in [6.45, 7) is 3.80. The second-order valence-corrected chi connectivity index (χ2v) is 6.33. The molecule has 148 valence electrons. The van der Waals surface area contributed by atoms with Crippen molar-refractivity contribution in [2.45, 2.75) is 45.3 Å². The van der Waals surface area contributed by atoms with Crippen LogP contribution in [0, 0.1) is 5.41 Å². The third kappa shape index (κ3) is 6.40. The number of hydrogen-bond acceptors (Lipinski definition) is 3. The molecular formula is C16H19F6NO3. The second kappa shape index (κ2) is 8.15. The Morgan fingerprint density at radius 3 is 2.15 bits per heavy atom. The highest BCUT2D eigenvalue weighted by atomic mass is 19.4. The standard InChI is InChI=1S/C16H19F6NO3/c1-14(2,13(24)25)7-8-23-9-10-3-5-11(6-4-10)26-16(21,22)12(17)15(18,19)20/h3-6,12,23H,7-9H2,1-2H3,(H,24,25). The molecular weight excluding hydrogens is 368 g/mol. The van der Waals surface area contributed by atoms with Crippen LogP contribution in [-0.2, 0) is 11.3 Å². The molecule has 0 aromatic heterocycles. The highest BCUT2D eigenvalue weighted by Gasteiger charge is 2.59. The van der Waals surface area contributed by atoms with Crippen molar-refractivity contribution in [3.05, 3.63) is 29.8 Å². The maximum Gasteiger partial charge on any atom is 0.439 e. The van der Waals surface area contributed by atoms with Gasteiger partial charge >= 0.3 is 18.3 Å². The molecule has 26 heavy (non-hydrogen) atoms. The van der Waals surface area contributed by atoms with Crippen molar-refractivity contribution in [2.75, 3.05) is 6.54 Å². The molecule has 1 unspecified atom stereocenters. The minimum absolute atomic E-state index is 0.278. The topological polar surface area (TPSA) is 58.6 Å². The molecule has 1 aromatic carbocycles. The Hall–Kier alpha value is -1.97. The molecule has 0 heterocycles. The third-order valence-corrected chi connectivity index (χ3v) is 3.59. The number of carbonyl (C=O) groups is 1. The number of carboxylic acids is 1. The first kappa shape index (κ1) is 22.1. The van der Waals surface area contributed by atoms with Gasteiger partial charge in [-0.15, -0.1) is 0 Å². The molecule has 0 fully saturated rings. The number of aliphatic carboxylic acids is 1. The van der Waals surface area contributed by atoms with E-state index in [1.807, 2.05) is 0 Å². The predicted molar refractivity (Wildman–Crippen MR) is 80.7 cm³/mol. The second-order valence-electron chi connectivity index (χ2n) is 6.33. The molecule has 0 saturated heterocycles. The maximum absolute atomic E-state index is 13.1. The molecule has 0 bridgehead atoms. The van der Waals surface area contributed by atoms with E-state index in [0.29, 0.717) is 18.5 Å². The quantitative estimate of drug-likeness (QED) is 0.494. The Balaban J connectivity index is 2.55. The first-order chi connectivity index (χ1) is 11.8. The summed E-state index contributed by atoms with van der Waals surface area (Å²) in [6, 6.07) is 4.63. The number of ether oxygens (including phenoxy) is 1. The summed E-state index contributed by atoms with van der Waals surface area (Å²) < 4.78 is 79.0. The maximum atomic E-state index is 13.1. The van der Waals surface area contributed by atoms with Crippen LogP contribution in [0.1, 0.15) is 25.8 Å². The van der Waals surface area contributed by atoms with Gasteiger partial charge in [0.15, 0.2) is 0 Å². The van der Waals surface area contributed by atoms with E-state index < -0.39 is 35.6 Å². The van der Waals surface area contributed by atoms with Gasteiger partial charge in [-0.05, 0) is 44.5 Å². The van der Waals surface area contributed by atoms with E-state index in [4.69, 9.17) is 5.11 Å². The fraction of sp³-hybridized carbons (Fsp3) is 0.562. The average Bonchev–Trinajstić information content (AvgIpc) is 2.51. The van der Waals surface area contributed by atoms with Gasteiger partial charge < -0.3 is 15.2 Å². The Morgan fingerprint density at radius 2 is 1.69 bits per heavy atom. The number of nitrogens with one attached hydrogen (secondary N) is 1. The minimum atomic E-state index is -5.74. The third-order valence-electron chi connectivity index (χ3n) is 3.59. The van der Waals surface area contributed by atoms with Crippen LogP contribution in [-0.4, -0.2) is 36.1 Å². The molecule has 0 aliphatic carbocycles. The summed E-state index contributed by atoms with van der Waals surface area (Å²) in [5, 5.41) is 11.9. The lowest BCUT2D eigenvalue weighted by Gasteiger charge is -2.23. The largest absolute Gasteiger partial charge is 0.481 e. The van der Waals surface area contributed by atoms with E-state index in [1.165, 1.54) is 12.1 Å². The molecule has 1 rings (SSSR count). The first-order valence-corrected chi connectivity index (χ1v) is 7.56. The number of alkyl halides is 6. The smallest absolute Gasteiger partial charge is 0.439 e. The summed E-state index contributed by atoms with van der Waals surface area (Å²) in [4.78, 5) is 10.9. The zero-order chi connectivity index (χ0) is 20.2. The van der Waals surface area contributed by atoms with Crippen molar-refractivity contribution in [2.24, 2.45) is 5.41 Å². The van der Waals surface area contributed by atoms with Crippen molar-refractivity contribution in [3.8, 4) is 5.75 Å². The van der Waals surface area contributed by atoms with Crippen molar-refractivity contribution in [1.29, 1.82) is 0 Å². The molecule has 0 aliphatic heterocycles. The van der Waals surface area contributed by atoms with Crippen LogP contribution in [0.3, 0.4) is 0 Å². The highest BCUT2D eigenvalue weighted by Crippen LogP contribution is 2.36. The number of rotatable bonds is 9.